The van der Waals surface area contributed by atoms with Crippen molar-refractivity contribution in [1.29, 1.82) is 0 Å². The first-order chi connectivity index (χ1) is 8.69. The third kappa shape index (κ3) is 5.07. The van der Waals surface area contributed by atoms with E-state index in [4.69, 9.17) is 0 Å². The molecule has 1 N–H and O–H groups in total. The molecule has 0 aliphatic carbocycles. The third-order valence-electron chi connectivity index (χ3n) is 3.11. The molecule has 0 amide bonds. The van der Waals surface area contributed by atoms with Crippen LogP contribution in [-0.2, 0) is 6.54 Å². The van der Waals surface area contributed by atoms with E-state index in [1.165, 1.54) is 23.5 Å². The summed E-state index contributed by atoms with van der Waals surface area (Å²) in [6.45, 7) is 11.2. The van der Waals surface area contributed by atoms with Gasteiger partial charge in [0.25, 0.3) is 0 Å². The lowest BCUT2D eigenvalue weighted by Gasteiger charge is -2.21. The molecule has 3 heteroatoms. The zero-order valence-electron chi connectivity index (χ0n) is 12.3. The van der Waals surface area contributed by atoms with Crippen LogP contribution in [0.3, 0.4) is 0 Å². The van der Waals surface area contributed by atoms with Crippen molar-refractivity contribution in [2.24, 2.45) is 5.92 Å². The topological polar surface area (TPSA) is 17.0 Å². The van der Waals surface area contributed by atoms with Gasteiger partial charge in [-0.3, -0.25) is 0 Å². The number of nitrogens with one attached hydrogen (secondary N) is 1. The Morgan fingerprint density at radius 2 is 2.11 bits per heavy atom. The Balaban J connectivity index is 2.57. The molecule has 104 valence electrons. The van der Waals surface area contributed by atoms with Gasteiger partial charge in [0.1, 0.15) is 0 Å². The summed E-state index contributed by atoms with van der Waals surface area (Å²) in [6.07, 6.45) is 5.72. The zero-order valence-corrected chi connectivity index (χ0v) is 13.1. The van der Waals surface area contributed by atoms with E-state index in [2.05, 4.69) is 56.0 Å². The molecule has 0 aromatic carbocycles. The average molecular weight is 268 g/mol. The van der Waals surface area contributed by atoms with E-state index in [-0.39, 0.29) is 0 Å². The first-order valence-corrected chi connectivity index (χ1v) is 8.31. The SMILES string of the molecule is CCCNC(c1ccn(CCSCC)c1)C(C)C. The predicted octanol–water partition coefficient (Wildman–Crippen LogP) is 3.94. The van der Waals surface area contributed by atoms with Crippen molar-refractivity contribution in [2.45, 2.75) is 46.7 Å². The van der Waals surface area contributed by atoms with E-state index in [1.807, 2.05) is 11.8 Å². The van der Waals surface area contributed by atoms with Gasteiger partial charge >= 0.3 is 0 Å². The second-order valence-electron chi connectivity index (χ2n) is 5.06. The summed E-state index contributed by atoms with van der Waals surface area (Å²) < 4.78 is 2.32. The molecular weight excluding hydrogens is 240 g/mol. The van der Waals surface area contributed by atoms with Crippen LogP contribution in [0.4, 0.5) is 0 Å². The van der Waals surface area contributed by atoms with Gasteiger partial charge in [-0.15, -0.1) is 0 Å². The molecule has 0 saturated heterocycles. The van der Waals surface area contributed by atoms with Crippen molar-refractivity contribution in [3.63, 3.8) is 0 Å². The second kappa shape index (κ2) is 8.65. The average Bonchev–Trinajstić information content (AvgIpc) is 2.78. The Morgan fingerprint density at radius 1 is 1.33 bits per heavy atom. The van der Waals surface area contributed by atoms with Crippen LogP contribution in [0.15, 0.2) is 18.5 Å². The summed E-state index contributed by atoms with van der Waals surface area (Å²) >= 11 is 2.00. The number of aryl methyl sites for hydroxylation is 1. The van der Waals surface area contributed by atoms with Crippen molar-refractivity contribution in [3.8, 4) is 0 Å². The highest BCUT2D eigenvalue weighted by atomic mass is 32.2. The molecular formula is C15H28N2S. The van der Waals surface area contributed by atoms with Gasteiger partial charge in [-0.05, 0) is 36.3 Å². The fraction of sp³-hybridized carbons (Fsp3) is 0.733. The lowest BCUT2D eigenvalue weighted by molar-refractivity contribution is 0.412. The Kier molecular flexibility index (Phi) is 7.52. The van der Waals surface area contributed by atoms with Crippen molar-refractivity contribution in [3.05, 3.63) is 24.0 Å². The highest BCUT2D eigenvalue weighted by Gasteiger charge is 2.15. The van der Waals surface area contributed by atoms with Gasteiger partial charge in [-0.25, -0.2) is 0 Å². The molecule has 0 aliphatic rings. The van der Waals surface area contributed by atoms with Crippen LogP contribution in [0.1, 0.15) is 45.7 Å². The van der Waals surface area contributed by atoms with Crippen LogP contribution >= 0.6 is 11.8 Å². The van der Waals surface area contributed by atoms with Crippen molar-refractivity contribution in [2.75, 3.05) is 18.1 Å². The Hall–Kier alpha value is -0.410. The molecule has 1 aromatic heterocycles. The van der Waals surface area contributed by atoms with Gasteiger partial charge in [0.15, 0.2) is 0 Å². The zero-order chi connectivity index (χ0) is 13.4. The fourth-order valence-electron chi connectivity index (χ4n) is 2.13. The maximum absolute atomic E-state index is 3.65. The lowest BCUT2D eigenvalue weighted by Crippen LogP contribution is -2.26. The molecule has 0 spiro atoms. The van der Waals surface area contributed by atoms with Crippen molar-refractivity contribution >= 4 is 11.8 Å². The first-order valence-electron chi connectivity index (χ1n) is 7.15. The summed E-state index contributed by atoms with van der Waals surface area (Å²) in [6, 6.07) is 2.76. The van der Waals surface area contributed by atoms with Gasteiger partial charge in [-0.1, -0.05) is 27.7 Å². The van der Waals surface area contributed by atoms with Crippen LogP contribution in [0.25, 0.3) is 0 Å². The van der Waals surface area contributed by atoms with E-state index in [0.29, 0.717) is 12.0 Å². The maximum Gasteiger partial charge on any atom is 0.0358 e. The summed E-state index contributed by atoms with van der Waals surface area (Å²) in [4.78, 5) is 0. The normalized spacial score (nSPS) is 13.2. The Bertz CT molecular complexity index is 320. The van der Waals surface area contributed by atoms with Gasteiger partial charge in [0.2, 0.25) is 0 Å². The molecule has 1 unspecified atom stereocenters. The van der Waals surface area contributed by atoms with Crippen LogP contribution < -0.4 is 5.32 Å². The highest BCUT2D eigenvalue weighted by molar-refractivity contribution is 7.99. The van der Waals surface area contributed by atoms with Crippen LogP contribution in [0, 0.1) is 5.92 Å². The molecule has 0 radical (unpaired) electrons. The lowest BCUT2D eigenvalue weighted by atomic mass is 9.98. The van der Waals surface area contributed by atoms with Gasteiger partial charge in [-0.2, -0.15) is 11.8 Å². The number of nitrogens with zero attached hydrogens (tertiary/aromatic N) is 1. The molecule has 1 rings (SSSR count). The van der Waals surface area contributed by atoms with Gasteiger partial charge in [0.05, 0.1) is 0 Å². The number of aromatic nitrogens is 1. The highest BCUT2D eigenvalue weighted by Crippen LogP contribution is 2.22. The molecule has 0 fully saturated rings. The van der Waals surface area contributed by atoms with E-state index in [9.17, 15) is 0 Å². The molecule has 18 heavy (non-hydrogen) atoms. The molecule has 2 nitrogen and oxygen atoms in total. The predicted molar refractivity (Wildman–Crippen MR) is 83.3 cm³/mol. The molecule has 0 bridgehead atoms. The van der Waals surface area contributed by atoms with Crippen molar-refractivity contribution in [1.82, 2.24) is 9.88 Å². The van der Waals surface area contributed by atoms with Crippen molar-refractivity contribution < 1.29 is 0 Å². The standard InChI is InChI=1S/C15H28N2S/c1-5-8-16-15(13(3)4)14-7-9-17(12-14)10-11-18-6-2/h7,9,12-13,15-16H,5-6,8,10-11H2,1-4H3. The number of hydrogen-bond acceptors (Lipinski definition) is 2. The minimum Gasteiger partial charge on any atom is -0.353 e. The smallest absolute Gasteiger partial charge is 0.0358 e. The number of rotatable bonds is 9. The van der Waals surface area contributed by atoms with Crippen LogP contribution in [0.2, 0.25) is 0 Å². The van der Waals surface area contributed by atoms with Crippen LogP contribution in [-0.4, -0.2) is 22.6 Å². The molecule has 1 aromatic rings. The third-order valence-corrected chi connectivity index (χ3v) is 3.99. The van der Waals surface area contributed by atoms with Crippen LogP contribution in [0.5, 0.6) is 0 Å². The van der Waals surface area contributed by atoms with E-state index in [0.717, 1.165) is 13.1 Å². The van der Waals surface area contributed by atoms with Gasteiger partial charge < -0.3 is 9.88 Å². The van der Waals surface area contributed by atoms with E-state index in [1.54, 1.807) is 0 Å². The molecule has 0 aliphatic heterocycles. The minimum atomic E-state index is 0.491. The van der Waals surface area contributed by atoms with E-state index >= 15 is 0 Å². The second-order valence-corrected chi connectivity index (χ2v) is 6.45. The number of hydrogen-bond donors (Lipinski definition) is 1. The maximum atomic E-state index is 3.65. The largest absolute Gasteiger partial charge is 0.353 e. The van der Waals surface area contributed by atoms with Gasteiger partial charge in [0, 0.05) is 30.7 Å². The fourth-order valence-corrected chi connectivity index (χ4v) is 2.76. The summed E-state index contributed by atoms with van der Waals surface area (Å²) in [5, 5.41) is 3.65. The quantitative estimate of drug-likeness (QED) is 0.683. The summed E-state index contributed by atoms with van der Waals surface area (Å²) in [7, 11) is 0. The molecule has 1 atom stereocenters. The minimum absolute atomic E-state index is 0.491. The number of thioether (sulfide) groups is 1. The molecule has 1 heterocycles. The Labute approximate surface area is 117 Å². The summed E-state index contributed by atoms with van der Waals surface area (Å²) in [5.41, 5.74) is 1.43. The summed E-state index contributed by atoms with van der Waals surface area (Å²) in [5.74, 6) is 3.05. The Morgan fingerprint density at radius 3 is 2.72 bits per heavy atom. The molecule has 0 saturated carbocycles. The van der Waals surface area contributed by atoms with E-state index < -0.39 is 0 Å². The monoisotopic (exact) mass is 268 g/mol. The first kappa shape index (κ1) is 15.6.